The summed E-state index contributed by atoms with van der Waals surface area (Å²) in [6, 6.07) is 2.57. The summed E-state index contributed by atoms with van der Waals surface area (Å²) in [5.41, 5.74) is -0.930. The molecule has 0 unspecified atom stereocenters. The van der Waals surface area contributed by atoms with E-state index in [-0.39, 0.29) is 17.9 Å². The normalized spacial score (nSPS) is 10.6. The maximum atomic E-state index is 11.9. The molecule has 0 bridgehead atoms. The Labute approximate surface area is 107 Å². The molecule has 0 aromatic carbocycles. The van der Waals surface area contributed by atoms with E-state index in [1.54, 1.807) is 6.92 Å². The molecule has 7 heteroatoms. The zero-order valence-corrected chi connectivity index (χ0v) is 10.2. The Morgan fingerprint density at radius 1 is 1.42 bits per heavy atom. The van der Waals surface area contributed by atoms with E-state index in [0.717, 1.165) is 10.8 Å². The Balaban J connectivity index is 2.40. The summed E-state index contributed by atoms with van der Waals surface area (Å²) in [6.07, 6.45) is 2.50. The predicted molar refractivity (Wildman–Crippen MR) is 65.4 cm³/mol. The van der Waals surface area contributed by atoms with Gasteiger partial charge in [-0.1, -0.05) is 0 Å². The number of carbonyl (C=O) groups is 1. The third-order valence-corrected chi connectivity index (χ3v) is 2.70. The van der Waals surface area contributed by atoms with Gasteiger partial charge in [0.15, 0.2) is 0 Å². The Morgan fingerprint density at radius 3 is 2.74 bits per heavy atom. The van der Waals surface area contributed by atoms with Crippen molar-refractivity contribution in [1.29, 1.82) is 0 Å². The van der Waals surface area contributed by atoms with Crippen LogP contribution >= 0.6 is 0 Å². The van der Waals surface area contributed by atoms with Crippen LogP contribution in [0.3, 0.4) is 0 Å². The lowest BCUT2D eigenvalue weighted by molar-refractivity contribution is 0.0696. The van der Waals surface area contributed by atoms with E-state index in [0.29, 0.717) is 6.54 Å². The van der Waals surface area contributed by atoms with Crippen LogP contribution in [0, 0.1) is 0 Å². The van der Waals surface area contributed by atoms with Crippen molar-refractivity contribution in [2.75, 3.05) is 0 Å². The van der Waals surface area contributed by atoms with Gasteiger partial charge < -0.3 is 14.1 Å². The molecule has 19 heavy (non-hydrogen) atoms. The minimum Gasteiger partial charge on any atom is -0.478 e. The Kier molecular flexibility index (Phi) is 3.37. The van der Waals surface area contributed by atoms with Crippen molar-refractivity contribution in [2.24, 2.45) is 0 Å². The molecule has 7 nitrogen and oxygen atoms in total. The predicted octanol–water partition coefficient (Wildman–Crippen LogP) is 0.369. The Morgan fingerprint density at radius 2 is 2.16 bits per heavy atom. The molecule has 0 atom stereocenters. The molecule has 0 saturated heterocycles. The van der Waals surface area contributed by atoms with Gasteiger partial charge in [0.2, 0.25) is 0 Å². The first-order valence-electron chi connectivity index (χ1n) is 5.64. The maximum Gasteiger partial charge on any atom is 0.338 e. The number of carboxylic acid groups (broad SMARTS) is 1. The fourth-order valence-electron chi connectivity index (χ4n) is 1.67. The molecule has 0 radical (unpaired) electrons. The van der Waals surface area contributed by atoms with Crippen molar-refractivity contribution in [3.8, 4) is 0 Å². The van der Waals surface area contributed by atoms with Crippen LogP contribution in [0.4, 0.5) is 0 Å². The summed E-state index contributed by atoms with van der Waals surface area (Å²) < 4.78 is 7.40. The van der Waals surface area contributed by atoms with Crippen molar-refractivity contribution in [3.63, 3.8) is 0 Å². The molecular formula is C12H12N2O5. The minimum absolute atomic E-state index is 0.0187. The van der Waals surface area contributed by atoms with Crippen LogP contribution in [0.2, 0.25) is 0 Å². The largest absolute Gasteiger partial charge is 0.478 e. The molecule has 0 spiro atoms. The molecule has 2 aromatic heterocycles. The van der Waals surface area contributed by atoms with Gasteiger partial charge in [0.1, 0.15) is 12.0 Å². The highest BCUT2D eigenvalue weighted by atomic mass is 16.4. The number of aromatic nitrogens is 2. The molecule has 2 heterocycles. The van der Waals surface area contributed by atoms with Crippen LogP contribution in [0.5, 0.6) is 0 Å². The Bertz CT molecular complexity index is 722. The summed E-state index contributed by atoms with van der Waals surface area (Å²) in [5, 5.41) is 8.76. The summed E-state index contributed by atoms with van der Waals surface area (Å²) in [7, 11) is 0. The third kappa shape index (κ3) is 2.49. The Hall–Kier alpha value is -2.57. The van der Waals surface area contributed by atoms with E-state index in [2.05, 4.69) is 0 Å². The smallest absolute Gasteiger partial charge is 0.338 e. The number of hydrogen-bond donors (Lipinski definition) is 1. The van der Waals surface area contributed by atoms with Gasteiger partial charge in [-0.15, -0.1) is 0 Å². The van der Waals surface area contributed by atoms with Gasteiger partial charge in [-0.3, -0.25) is 9.36 Å². The quantitative estimate of drug-likeness (QED) is 0.860. The second-order valence-electron chi connectivity index (χ2n) is 3.92. The summed E-state index contributed by atoms with van der Waals surface area (Å²) in [6.45, 7) is 2.13. The fourth-order valence-corrected chi connectivity index (χ4v) is 1.67. The van der Waals surface area contributed by atoms with E-state index in [4.69, 9.17) is 9.52 Å². The number of rotatable bonds is 4. The van der Waals surface area contributed by atoms with Gasteiger partial charge in [-0.05, 0) is 13.0 Å². The van der Waals surface area contributed by atoms with Crippen molar-refractivity contribution >= 4 is 5.97 Å². The van der Waals surface area contributed by atoms with Gasteiger partial charge in [-0.2, -0.15) is 0 Å². The van der Waals surface area contributed by atoms with Crippen molar-refractivity contribution in [2.45, 2.75) is 20.0 Å². The van der Waals surface area contributed by atoms with Crippen molar-refractivity contribution in [3.05, 3.63) is 56.8 Å². The molecule has 0 aliphatic heterocycles. The molecule has 100 valence electrons. The van der Waals surface area contributed by atoms with Crippen LogP contribution < -0.4 is 11.2 Å². The minimum atomic E-state index is -1.12. The number of furan rings is 1. The number of aryl methyl sites for hydroxylation is 1. The highest BCUT2D eigenvalue weighted by Crippen LogP contribution is 2.08. The average Bonchev–Trinajstić information content (AvgIpc) is 2.83. The van der Waals surface area contributed by atoms with Gasteiger partial charge in [-0.25, -0.2) is 9.59 Å². The van der Waals surface area contributed by atoms with Crippen molar-refractivity contribution in [1.82, 2.24) is 9.13 Å². The van der Waals surface area contributed by atoms with Crippen LogP contribution in [0.25, 0.3) is 0 Å². The van der Waals surface area contributed by atoms with E-state index in [1.165, 1.54) is 22.9 Å². The SMILES string of the molecule is CCn1ccc(=O)n(Cc2cc(C(=O)O)co2)c1=O. The molecule has 0 fully saturated rings. The number of carboxylic acids is 1. The first-order valence-corrected chi connectivity index (χ1v) is 5.64. The molecule has 0 aliphatic carbocycles. The molecule has 2 aromatic rings. The lowest BCUT2D eigenvalue weighted by Crippen LogP contribution is -2.38. The fraction of sp³-hybridized carbons (Fsp3) is 0.250. The summed E-state index contributed by atoms with van der Waals surface area (Å²) in [5.74, 6) is -0.883. The first-order chi connectivity index (χ1) is 9.02. The summed E-state index contributed by atoms with van der Waals surface area (Å²) >= 11 is 0. The monoisotopic (exact) mass is 264 g/mol. The molecule has 1 N–H and O–H groups in total. The number of nitrogens with zero attached hydrogens (tertiary/aromatic N) is 2. The molecule has 0 aliphatic rings. The average molecular weight is 264 g/mol. The lowest BCUT2D eigenvalue weighted by Gasteiger charge is -2.06. The molecular weight excluding hydrogens is 252 g/mol. The second kappa shape index (κ2) is 4.97. The van der Waals surface area contributed by atoms with Crippen molar-refractivity contribution < 1.29 is 14.3 Å². The highest BCUT2D eigenvalue weighted by Gasteiger charge is 2.11. The second-order valence-corrected chi connectivity index (χ2v) is 3.92. The zero-order chi connectivity index (χ0) is 14.0. The molecule has 0 saturated carbocycles. The number of hydrogen-bond acceptors (Lipinski definition) is 4. The van der Waals surface area contributed by atoms with Crippen LogP contribution in [0.15, 0.2) is 38.6 Å². The third-order valence-electron chi connectivity index (χ3n) is 2.70. The molecule has 2 rings (SSSR count). The van der Waals surface area contributed by atoms with Gasteiger partial charge in [0.05, 0.1) is 12.1 Å². The zero-order valence-electron chi connectivity index (χ0n) is 10.2. The van der Waals surface area contributed by atoms with Gasteiger partial charge in [0, 0.05) is 18.8 Å². The topological polar surface area (TPSA) is 94.4 Å². The van der Waals surface area contributed by atoms with Gasteiger partial charge in [0.25, 0.3) is 5.56 Å². The highest BCUT2D eigenvalue weighted by molar-refractivity contribution is 5.87. The van der Waals surface area contributed by atoms with Crippen LogP contribution in [-0.2, 0) is 13.1 Å². The van der Waals surface area contributed by atoms with Crippen LogP contribution in [-0.4, -0.2) is 20.2 Å². The van der Waals surface area contributed by atoms with E-state index < -0.39 is 17.2 Å². The van der Waals surface area contributed by atoms with Gasteiger partial charge >= 0.3 is 11.7 Å². The number of aromatic carboxylic acids is 1. The first kappa shape index (κ1) is 12.9. The van der Waals surface area contributed by atoms with E-state index in [1.807, 2.05) is 0 Å². The summed E-state index contributed by atoms with van der Waals surface area (Å²) in [4.78, 5) is 34.3. The van der Waals surface area contributed by atoms with Crippen LogP contribution in [0.1, 0.15) is 23.0 Å². The lowest BCUT2D eigenvalue weighted by atomic mass is 10.3. The van der Waals surface area contributed by atoms with E-state index >= 15 is 0 Å². The maximum absolute atomic E-state index is 11.9. The standard InChI is InChI=1S/C12H12N2O5/c1-2-13-4-3-10(15)14(12(13)18)6-9-5-8(7-19-9)11(16)17/h3-5,7H,2,6H2,1H3,(H,16,17). The molecule has 0 amide bonds. The van der Waals surface area contributed by atoms with E-state index in [9.17, 15) is 14.4 Å².